The van der Waals surface area contributed by atoms with Crippen LogP contribution < -0.4 is 30.5 Å². The lowest BCUT2D eigenvalue weighted by molar-refractivity contribution is 1.31. The van der Waals surface area contributed by atoms with Gasteiger partial charge in [0, 0.05) is 44.3 Å². The van der Waals surface area contributed by atoms with Crippen molar-refractivity contribution < 1.29 is 0 Å². The standard InChI is InChI=1S/C60H46N2Si2/c1-63(2)54-31-15-13-24-43(54)47-27-17-29-52(59(47)63)61(40-19-7-5-8-20-40)50-38-36-46-42-23-11-12-26-45(42)58-51(37-34-39-33-35-49(50)57(46)56(39)58)62(41-21-9-6-10-22-41)53-30-18-28-48-44-25-14-16-32-55(44)64(3,4)60(48)53/h5-38H,1-4H3. The molecule has 64 heavy (non-hydrogen) atoms. The Morgan fingerprint density at radius 1 is 0.281 bits per heavy atom. The molecule has 4 heteroatoms. The molecule has 0 atom stereocenters. The Hall–Kier alpha value is -7.25. The van der Waals surface area contributed by atoms with Gasteiger partial charge in [0.1, 0.15) is 16.1 Å². The summed E-state index contributed by atoms with van der Waals surface area (Å²) in [7, 11) is -4.20. The predicted molar refractivity (Wildman–Crippen MR) is 281 cm³/mol. The summed E-state index contributed by atoms with van der Waals surface area (Å²) >= 11 is 0. The van der Waals surface area contributed by atoms with Crippen molar-refractivity contribution in [1.82, 2.24) is 0 Å². The van der Waals surface area contributed by atoms with Crippen LogP contribution in [0, 0.1) is 0 Å². The van der Waals surface area contributed by atoms with Gasteiger partial charge in [-0.05, 0) is 113 Å². The molecule has 0 aromatic heterocycles. The summed E-state index contributed by atoms with van der Waals surface area (Å²) < 4.78 is 0. The Morgan fingerprint density at radius 3 is 1.31 bits per heavy atom. The highest BCUT2D eigenvalue weighted by Gasteiger charge is 2.42. The van der Waals surface area contributed by atoms with E-state index in [-0.39, 0.29) is 0 Å². The summed E-state index contributed by atoms with van der Waals surface area (Å²) in [4.78, 5) is 5.16. The molecule has 2 aliphatic heterocycles. The highest BCUT2D eigenvalue weighted by atomic mass is 28.3. The summed E-state index contributed by atoms with van der Waals surface area (Å²) in [6.07, 6.45) is 0. The maximum Gasteiger partial charge on any atom is 0.116 e. The summed E-state index contributed by atoms with van der Waals surface area (Å²) in [5, 5.41) is 16.3. The fourth-order valence-corrected chi connectivity index (χ4v) is 18.8. The lowest BCUT2D eigenvalue weighted by atomic mass is 9.87. The van der Waals surface area contributed by atoms with E-state index in [1.807, 2.05) is 0 Å². The van der Waals surface area contributed by atoms with Gasteiger partial charge in [0.15, 0.2) is 0 Å². The number of anilines is 6. The highest BCUT2D eigenvalue weighted by molar-refractivity contribution is 7.05. The first-order chi connectivity index (χ1) is 31.3. The number of hydrogen-bond acceptors (Lipinski definition) is 2. The monoisotopic (exact) mass is 850 g/mol. The van der Waals surface area contributed by atoms with E-state index >= 15 is 0 Å². The van der Waals surface area contributed by atoms with Crippen molar-refractivity contribution in [2.45, 2.75) is 26.2 Å². The molecule has 0 radical (unpaired) electrons. The summed E-state index contributed by atoms with van der Waals surface area (Å²) in [5.41, 5.74) is 12.8. The van der Waals surface area contributed by atoms with Gasteiger partial charge in [-0.2, -0.15) is 0 Å². The van der Waals surface area contributed by atoms with E-state index in [0.29, 0.717) is 0 Å². The van der Waals surface area contributed by atoms with Crippen LogP contribution in [-0.2, 0) is 0 Å². The van der Waals surface area contributed by atoms with E-state index in [1.165, 1.54) is 115 Å². The molecule has 2 nitrogen and oxygen atoms in total. The van der Waals surface area contributed by atoms with Crippen LogP contribution in [0.4, 0.5) is 34.1 Å². The van der Waals surface area contributed by atoms with E-state index < -0.39 is 16.1 Å². The third-order valence-corrected chi connectivity index (χ3v) is 21.8. The van der Waals surface area contributed by atoms with Crippen molar-refractivity contribution in [1.29, 1.82) is 0 Å². The first kappa shape index (κ1) is 37.3. The third-order valence-electron chi connectivity index (χ3n) is 14.7. The Labute approximate surface area is 376 Å². The van der Waals surface area contributed by atoms with E-state index in [9.17, 15) is 0 Å². The fraction of sp³-hybridized carbons (Fsp3) is 0.0667. The molecular formula is C60H46N2Si2. The Bertz CT molecular complexity index is 3690. The molecule has 0 spiro atoms. The van der Waals surface area contributed by atoms with Crippen LogP contribution >= 0.6 is 0 Å². The van der Waals surface area contributed by atoms with Gasteiger partial charge in [-0.1, -0.05) is 184 Å². The van der Waals surface area contributed by atoms with Crippen LogP contribution in [-0.4, -0.2) is 16.1 Å². The molecule has 2 heterocycles. The van der Waals surface area contributed by atoms with Crippen molar-refractivity contribution in [2.75, 3.05) is 9.80 Å². The van der Waals surface area contributed by atoms with E-state index in [1.54, 1.807) is 0 Å². The molecule has 0 saturated carbocycles. The van der Waals surface area contributed by atoms with Crippen LogP contribution in [0.2, 0.25) is 26.2 Å². The SMILES string of the molecule is C[Si]1(C)c2ccccc2-c2cccc(N(c3ccccc3)c3ccc4c5ccccc5c5c(N(c6ccccc6)c6cccc7c6[Si](C)(C)c6ccccc6-7)ccc6ccc3c4c65)c21. The van der Waals surface area contributed by atoms with Gasteiger partial charge in [-0.3, -0.25) is 0 Å². The molecule has 0 N–H and O–H groups in total. The lowest BCUT2D eigenvalue weighted by Gasteiger charge is -2.34. The maximum atomic E-state index is 2.59. The number of para-hydroxylation sites is 2. The van der Waals surface area contributed by atoms with Gasteiger partial charge in [0.2, 0.25) is 0 Å². The molecule has 304 valence electrons. The molecular weight excluding hydrogens is 805 g/mol. The second-order valence-electron chi connectivity index (χ2n) is 18.8. The smallest absolute Gasteiger partial charge is 0.116 e. The molecule has 0 amide bonds. The van der Waals surface area contributed by atoms with Crippen LogP contribution in [0.1, 0.15) is 0 Å². The Balaban J connectivity index is 1.13. The van der Waals surface area contributed by atoms with Crippen molar-refractivity contribution in [2.24, 2.45) is 0 Å². The Morgan fingerprint density at radius 2 is 0.719 bits per heavy atom. The topological polar surface area (TPSA) is 6.48 Å². The lowest BCUT2D eigenvalue weighted by Crippen LogP contribution is -2.50. The molecule has 13 rings (SSSR count). The van der Waals surface area contributed by atoms with Gasteiger partial charge < -0.3 is 9.80 Å². The van der Waals surface area contributed by atoms with E-state index in [2.05, 4.69) is 242 Å². The highest BCUT2D eigenvalue weighted by Crippen LogP contribution is 2.51. The van der Waals surface area contributed by atoms with Crippen molar-refractivity contribution in [3.8, 4) is 22.3 Å². The van der Waals surface area contributed by atoms with Gasteiger partial charge in [-0.15, -0.1) is 0 Å². The average Bonchev–Trinajstić information content (AvgIpc) is 3.72. The first-order valence-electron chi connectivity index (χ1n) is 22.6. The molecule has 2 aliphatic rings. The van der Waals surface area contributed by atoms with Gasteiger partial charge in [0.25, 0.3) is 0 Å². The number of fused-ring (bicyclic) bond motifs is 9. The average molecular weight is 851 g/mol. The van der Waals surface area contributed by atoms with E-state index in [4.69, 9.17) is 0 Å². The second kappa shape index (κ2) is 13.6. The number of hydrogen-bond donors (Lipinski definition) is 0. The Kier molecular flexibility index (Phi) is 7.95. The van der Waals surface area contributed by atoms with Crippen molar-refractivity contribution >= 4 is 114 Å². The molecule has 0 unspecified atom stereocenters. The predicted octanol–water partition coefficient (Wildman–Crippen LogP) is 14.3. The van der Waals surface area contributed by atoms with Crippen molar-refractivity contribution in [3.05, 3.63) is 206 Å². The summed E-state index contributed by atoms with van der Waals surface area (Å²) in [5.74, 6) is 0. The molecule has 0 fully saturated rings. The summed E-state index contributed by atoms with van der Waals surface area (Å²) in [6.45, 7) is 10.1. The van der Waals surface area contributed by atoms with Crippen LogP contribution in [0.3, 0.4) is 0 Å². The largest absolute Gasteiger partial charge is 0.310 e. The third kappa shape index (κ3) is 5.06. The molecule has 11 aromatic rings. The van der Waals surface area contributed by atoms with Crippen molar-refractivity contribution in [3.63, 3.8) is 0 Å². The van der Waals surface area contributed by atoms with Gasteiger partial charge in [-0.25, -0.2) is 0 Å². The van der Waals surface area contributed by atoms with Gasteiger partial charge in [0.05, 0.1) is 11.4 Å². The van der Waals surface area contributed by atoms with Crippen LogP contribution in [0.15, 0.2) is 206 Å². The number of rotatable bonds is 6. The maximum absolute atomic E-state index is 2.59. The van der Waals surface area contributed by atoms with Gasteiger partial charge >= 0.3 is 0 Å². The minimum atomic E-state index is -2.11. The zero-order chi connectivity index (χ0) is 42.9. The van der Waals surface area contributed by atoms with Crippen LogP contribution in [0.5, 0.6) is 0 Å². The number of nitrogens with zero attached hydrogens (tertiary/aromatic N) is 2. The quantitative estimate of drug-likeness (QED) is 0.0934. The molecule has 0 saturated heterocycles. The van der Waals surface area contributed by atoms with E-state index in [0.717, 1.165) is 5.69 Å². The first-order valence-corrected chi connectivity index (χ1v) is 28.6. The minimum absolute atomic E-state index is 1.16. The van der Waals surface area contributed by atoms with Crippen LogP contribution in [0.25, 0.3) is 65.3 Å². The molecule has 0 aliphatic carbocycles. The zero-order valence-electron chi connectivity index (χ0n) is 36.5. The fourth-order valence-electron chi connectivity index (χ4n) is 12.0. The number of benzene rings is 11. The minimum Gasteiger partial charge on any atom is -0.310 e. The normalized spacial score (nSPS) is 14.2. The molecule has 11 aromatic carbocycles. The molecule has 0 bridgehead atoms. The summed E-state index contributed by atoms with van der Waals surface area (Å²) in [6, 6.07) is 77.9. The zero-order valence-corrected chi connectivity index (χ0v) is 38.5. The second-order valence-corrected chi connectivity index (χ2v) is 27.4.